The zero-order chi connectivity index (χ0) is 28.2. The Hall–Kier alpha value is -3.73. The Morgan fingerprint density at radius 1 is 1.25 bits per heavy atom. The van der Waals surface area contributed by atoms with E-state index < -0.39 is 6.04 Å². The zero-order valence-electron chi connectivity index (χ0n) is 22.4. The van der Waals surface area contributed by atoms with Crippen LogP contribution in [0, 0.1) is 0 Å². The summed E-state index contributed by atoms with van der Waals surface area (Å²) in [5.74, 6) is 0.458. The lowest BCUT2D eigenvalue weighted by Gasteiger charge is -2.23. The summed E-state index contributed by atoms with van der Waals surface area (Å²) in [5.41, 5.74) is 3.23. The van der Waals surface area contributed by atoms with Gasteiger partial charge in [-0.1, -0.05) is 35.9 Å². The highest BCUT2D eigenvalue weighted by Crippen LogP contribution is 2.37. The molecule has 2 atom stereocenters. The van der Waals surface area contributed by atoms with Gasteiger partial charge < -0.3 is 30.1 Å². The van der Waals surface area contributed by atoms with Gasteiger partial charge in [-0.05, 0) is 49.1 Å². The summed E-state index contributed by atoms with van der Waals surface area (Å²) in [7, 11) is 1.55. The first kappa shape index (κ1) is 27.8. The molecule has 3 aromatic rings. The predicted octanol–water partition coefficient (Wildman–Crippen LogP) is 3.76. The first-order chi connectivity index (χ1) is 19.4. The number of ether oxygens (including phenoxy) is 2. The van der Waals surface area contributed by atoms with Crippen LogP contribution in [0.1, 0.15) is 53.3 Å². The number of carbonyl (C=O) groups is 2. The minimum Gasteiger partial charge on any atom is -0.497 e. The molecule has 3 heterocycles. The standard InChI is InChI=1S/C29H32ClN5O5/c1-17-22-7-6-19(27-24(30)14-31-29(34-27)32-20-8-10-40-11-9-20)13-23(22)28(38)35(17)15-26(37)33-25(16-36)18-4-3-5-21(12-18)39-2/h3-7,12-14,17,20,25,36H,8-11,15-16H2,1-2H3,(H,33,37)(H,31,32,34). The fraction of sp³-hybridized carbons (Fsp3) is 0.379. The number of nitrogens with zero attached hydrogens (tertiary/aromatic N) is 3. The Kier molecular flexibility index (Phi) is 8.49. The average molecular weight is 566 g/mol. The van der Waals surface area contributed by atoms with Crippen LogP contribution in [0.4, 0.5) is 5.95 Å². The molecule has 2 aliphatic heterocycles. The SMILES string of the molecule is COc1cccc(C(CO)NC(=O)CN2C(=O)c3cc(-c4nc(NC5CCOCC5)ncc4Cl)ccc3C2C)c1. The monoisotopic (exact) mass is 565 g/mol. The van der Waals surface area contributed by atoms with Crippen molar-refractivity contribution in [3.05, 3.63) is 70.4 Å². The van der Waals surface area contributed by atoms with Crippen LogP contribution in [0.2, 0.25) is 5.02 Å². The molecule has 2 aliphatic rings. The molecule has 1 saturated heterocycles. The van der Waals surface area contributed by atoms with E-state index in [1.807, 2.05) is 19.1 Å². The molecule has 40 heavy (non-hydrogen) atoms. The molecule has 3 N–H and O–H groups in total. The Bertz CT molecular complexity index is 1400. The van der Waals surface area contributed by atoms with Crippen LogP contribution in [0.15, 0.2) is 48.7 Å². The fourth-order valence-corrected chi connectivity index (χ4v) is 5.31. The van der Waals surface area contributed by atoms with Crippen LogP contribution >= 0.6 is 11.6 Å². The van der Waals surface area contributed by atoms with Crippen molar-refractivity contribution < 1.29 is 24.2 Å². The second-order valence-corrected chi connectivity index (χ2v) is 10.3. The minimum atomic E-state index is -0.631. The molecule has 10 nitrogen and oxygen atoms in total. The van der Waals surface area contributed by atoms with Crippen molar-refractivity contribution >= 4 is 29.4 Å². The molecule has 210 valence electrons. The maximum atomic E-state index is 13.4. The molecule has 2 unspecified atom stereocenters. The van der Waals surface area contributed by atoms with Gasteiger partial charge in [0, 0.05) is 30.4 Å². The normalized spacial score (nSPS) is 17.9. The number of hydrogen-bond donors (Lipinski definition) is 3. The smallest absolute Gasteiger partial charge is 0.255 e. The summed E-state index contributed by atoms with van der Waals surface area (Å²) in [6, 6.07) is 11.9. The van der Waals surface area contributed by atoms with Gasteiger partial charge in [-0.15, -0.1) is 0 Å². The first-order valence-corrected chi connectivity index (χ1v) is 13.6. The fourth-order valence-electron chi connectivity index (χ4n) is 5.11. The number of methoxy groups -OCH3 is 1. The number of nitrogens with one attached hydrogen (secondary N) is 2. The molecule has 0 saturated carbocycles. The number of carbonyl (C=O) groups excluding carboxylic acids is 2. The van der Waals surface area contributed by atoms with Crippen LogP contribution in [-0.2, 0) is 9.53 Å². The van der Waals surface area contributed by atoms with Crippen molar-refractivity contribution in [2.24, 2.45) is 0 Å². The average Bonchev–Trinajstić information content (AvgIpc) is 3.21. The summed E-state index contributed by atoms with van der Waals surface area (Å²) in [5, 5.41) is 16.5. The number of aromatic nitrogens is 2. The Morgan fingerprint density at radius 2 is 2.05 bits per heavy atom. The van der Waals surface area contributed by atoms with Gasteiger partial charge in [0.25, 0.3) is 5.91 Å². The van der Waals surface area contributed by atoms with Crippen LogP contribution in [0.3, 0.4) is 0 Å². The van der Waals surface area contributed by atoms with E-state index >= 15 is 0 Å². The number of amides is 2. The van der Waals surface area contributed by atoms with E-state index in [-0.39, 0.29) is 37.0 Å². The van der Waals surface area contributed by atoms with Gasteiger partial charge in [-0.25, -0.2) is 9.97 Å². The number of halogens is 1. The summed E-state index contributed by atoms with van der Waals surface area (Å²) in [6.45, 7) is 2.82. The number of aliphatic hydroxyl groups is 1. The molecule has 0 aliphatic carbocycles. The highest BCUT2D eigenvalue weighted by molar-refractivity contribution is 6.33. The molecule has 2 amide bonds. The van der Waals surface area contributed by atoms with Crippen molar-refractivity contribution in [3.8, 4) is 17.0 Å². The van der Waals surface area contributed by atoms with Gasteiger partial charge in [-0.3, -0.25) is 9.59 Å². The number of benzene rings is 2. The van der Waals surface area contributed by atoms with Gasteiger partial charge in [-0.2, -0.15) is 0 Å². The molecule has 0 spiro atoms. The molecule has 5 rings (SSSR count). The van der Waals surface area contributed by atoms with Crippen molar-refractivity contribution in [1.82, 2.24) is 20.2 Å². The van der Waals surface area contributed by atoms with Gasteiger partial charge in [0.1, 0.15) is 12.3 Å². The van der Waals surface area contributed by atoms with Gasteiger partial charge >= 0.3 is 0 Å². The lowest BCUT2D eigenvalue weighted by molar-refractivity contribution is -0.123. The lowest BCUT2D eigenvalue weighted by Crippen LogP contribution is -2.41. The van der Waals surface area contributed by atoms with Crippen molar-refractivity contribution in [2.45, 2.75) is 37.9 Å². The van der Waals surface area contributed by atoms with E-state index in [9.17, 15) is 14.7 Å². The van der Waals surface area contributed by atoms with E-state index in [0.29, 0.717) is 52.3 Å². The number of rotatable bonds is 9. The molecule has 1 fully saturated rings. The minimum absolute atomic E-state index is 0.155. The van der Waals surface area contributed by atoms with Gasteiger partial charge in [0.05, 0.1) is 42.7 Å². The summed E-state index contributed by atoms with van der Waals surface area (Å²) < 4.78 is 10.7. The van der Waals surface area contributed by atoms with Crippen molar-refractivity contribution in [3.63, 3.8) is 0 Å². The van der Waals surface area contributed by atoms with Crippen LogP contribution in [-0.4, -0.2) is 71.3 Å². The van der Waals surface area contributed by atoms with Gasteiger partial charge in [0.15, 0.2) is 0 Å². The molecule has 0 radical (unpaired) electrons. The molecular weight excluding hydrogens is 534 g/mol. The second-order valence-electron chi connectivity index (χ2n) is 9.91. The Balaban J connectivity index is 1.30. The largest absolute Gasteiger partial charge is 0.497 e. The highest BCUT2D eigenvalue weighted by atomic mass is 35.5. The summed E-state index contributed by atoms with van der Waals surface area (Å²) in [4.78, 5) is 36.9. The Labute approximate surface area is 237 Å². The topological polar surface area (TPSA) is 126 Å². The zero-order valence-corrected chi connectivity index (χ0v) is 23.1. The summed E-state index contributed by atoms with van der Waals surface area (Å²) in [6.07, 6.45) is 3.29. The quantitative estimate of drug-likeness (QED) is 0.358. The maximum Gasteiger partial charge on any atom is 0.255 e. The van der Waals surface area contributed by atoms with E-state index in [2.05, 4.69) is 20.6 Å². The van der Waals surface area contributed by atoms with E-state index in [1.54, 1.807) is 43.6 Å². The van der Waals surface area contributed by atoms with E-state index in [1.165, 1.54) is 4.90 Å². The first-order valence-electron chi connectivity index (χ1n) is 13.2. The third kappa shape index (κ3) is 5.89. The number of hydrogen-bond acceptors (Lipinski definition) is 8. The molecule has 1 aromatic heterocycles. The maximum absolute atomic E-state index is 13.4. The van der Waals surface area contributed by atoms with Gasteiger partial charge in [0.2, 0.25) is 11.9 Å². The van der Waals surface area contributed by atoms with Crippen molar-refractivity contribution in [1.29, 1.82) is 0 Å². The van der Waals surface area contributed by atoms with Crippen LogP contribution in [0.5, 0.6) is 5.75 Å². The van der Waals surface area contributed by atoms with Crippen LogP contribution in [0.25, 0.3) is 11.3 Å². The number of anilines is 1. The second kappa shape index (κ2) is 12.2. The van der Waals surface area contributed by atoms with E-state index in [0.717, 1.165) is 18.4 Å². The highest BCUT2D eigenvalue weighted by Gasteiger charge is 2.35. The molecule has 2 aromatic carbocycles. The molecular formula is C29H32ClN5O5. The van der Waals surface area contributed by atoms with E-state index in [4.69, 9.17) is 21.1 Å². The Morgan fingerprint density at radius 3 is 2.80 bits per heavy atom. The van der Waals surface area contributed by atoms with Crippen LogP contribution < -0.4 is 15.4 Å². The lowest BCUT2D eigenvalue weighted by atomic mass is 10.0. The third-order valence-corrected chi connectivity index (χ3v) is 7.64. The molecule has 0 bridgehead atoms. The number of fused-ring (bicyclic) bond motifs is 1. The summed E-state index contributed by atoms with van der Waals surface area (Å²) >= 11 is 6.47. The van der Waals surface area contributed by atoms with Crippen molar-refractivity contribution in [2.75, 3.05) is 38.8 Å². The molecule has 11 heteroatoms. The number of aliphatic hydroxyl groups excluding tert-OH is 1. The predicted molar refractivity (Wildman–Crippen MR) is 150 cm³/mol. The third-order valence-electron chi connectivity index (χ3n) is 7.36.